The Hall–Kier alpha value is -0.490. The van der Waals surface area contributed by atoms with Crippen molar-refractivity contribution < 1.29 is 4.74 Å². The van der Waals surface area contributed by atoms with E-state index in [9.17, 15) is 0 Å². The number of rotatable bonds is 6. The lowest BCUT2D eigenvalue weighted by Crippen LogP contribution is -2.47. The number of nitrogens with zero attached hydrogens (tertiary/aromatic N) is 1. The number of hydrazine groups is 1. The molecule has 0 bridgehead atoms. The number of nitrogens with two attached hydrogens (primary N) is 1. The summed E-state index contributed by atoms with van der Waals surface area (Å²) in [5, 5.41) is 1.14. The minimum atomic E-state index is 0.164. The summed E-state index contributed by atoms with van der Waals surface area (Å²) in [5.41, 5.74) is 4.02. The summed E-state index contributed by atoms with van der Waals surface area (Å²) >= 11 is 1.76. The minimum absolute atomic E-state index is 0.164. The molecule has 0 aliphatic heterocycles. The fraction of sp³-hybridized carbons (Fsp3) is 0.750. The van der Waals surface area contributed by atoms with E-state index >= 15 is 0 Å². The third-order valence-corrected chi connectivity index (χ3v) is 4.53. The number of aryl methyl sites for hydroxylation is 2. The Morgan fingerprint density at radius 3 is 2.65 bits per heavy atom. The van der Waals surface area contributed by atoms with Crippen LogP contribution in [0.5, 0.6) is 0 Å². The highest BCUT2D eigenvalue weighted by Crippen LogP contribution is 2.36. The van der Waals surface area contributed by atoms with Gasteiger partial charge < -0.3 is 4.74 Å². The van der Waals surface area contributed by atoms with Gasteiger partial charge in [0.1, 0.15) is 0 Å². The molecule has 1 aromatic heterocycles. The second-order valence-corrected chi connectivity index (χ2v) is 6.05. The molecule has 96 valence electrons. The van der Waals surface area contributed by atoms with Crippen LogP contribution in [0.25, 0.3) is 0 Å². The zero-order valence-electron chi connectivity index (χ0n) is 10.7. The Morgan fingerprint density at radius 1 is 1.53 bits per heavy atom. The van der Waals surface area contributed by atoms with Crippen molar-refractivity contribution in [2.75, 3.05) is 7.11 Å². The molecule has 1 fully saturated rings. The predicted octanol–water partition coefficient (Wildman–Crippen LogP) is 1.56. The van der Waals surface area contributed by atoms with E-state index in [0.717, 1.165) is 17.1 Å². The maximum Gasteiger partial charge on any atom is 0.0947 e. The van der Waals surface area contributed by atoms with Gasteiger partial charge in [0.2, 0.25) is 0 Å². The van der Waals surface area contributed by atoms with E-state index in [1.807, 2.05) is 0 Å². The van der Waals surface area contributed by atoms with Crippen molar-refractivity contribution >= 4 is 11.3 Å². The van der Waals surface area contributed by atoms with Gasteiger partial charge in [0.05, 0.1) is 22.8 Å². The van der Waals surface area contributed by atoms with Gasteiger partial charge in [-0.2, -0.15) is 0 Å². The molecule has 0 aromatic carbocycles. The molecule has 1 aliphatic carbocycles. The standard InChI is InChI=1S/C12H21N3OS/c1-7-8(2)17-11(14-7)6-10(15-13)12(16-3)9-4-5-9/h9-10,12,15H,4-6,13H2,1-3H3. The van der Waals surface area contributed by atoms with Crippen molar-refractivity contribution in [3.8, 4) is 0 Å². The summed E-state index contributed by atoms with van der Waals surface area (Å²) in [6.45, 7) is 4.16. The third-order valence-electron chi connectivity index (χ3n) is 3.44. The Morgan fingerprint density at radius 2 is 2.24 bits per heavy atom. The van der Waals surface area contributed by atoms with Gasteiger partial charge in [-0.25, -0.2) is 4.98 Å². The van der Waals surface area contributed by atoms with Crippen LogP contribution in [-0.4, -0.2) is 24.2 Å². The van der Waals surface area contributed by atoms with Crippen molar-refractivity contribution in [1.82, 2.24) is 10.4 Å². The van der Waals surface area contributed by atoms with Crippen LogP contribution in [0.4, 0.5) is 0 Å². The highest BCUT2D eigenvalue weighted by atomic mass is 32.1. The Kier molecular flexibility index (Phi) is 4.14. The minimum Gasteiger partial charge on any atom is -0.379 e. The summed E-state index contributed by atoms with van der Waals surface area (Å²) in [6, 6.07) is 0.164. The van der Waals surface area contributed by atoms with E-state index in [1.165, 1.54) is 17.7 Å². The van der Waals surface area contributed by atoms with E-state index in [1.54, 1.807) is 18.4 Å². The molecule has 0 radical (unpaired) electrons. The van der Waals surface area contributed by atoms with Crippen molar-refractivity contribution in [1.29, 1.82) is 0 Å². The van der Waals surface area contributed by atoms with E-state index in [0.29, 0.717) is 5.92 Å². The normalized spacial score (nSPS) is 19.3. The molecule has 2 atom stereocenters. The van der Waals surface area contributed by atoms with E-state index in [4.69, 9.17) is 10.6 Å². The SMILES string of the molecule is COC(C1CC1)C(Cc1nc(C)c(C)s1)NN. The van der Waals surface area contributed by atoms with Crippen LogP contribution < -0.4 is 11.3 Å². The van der Waals surface area contributed by atoms with Crippen LogP contribution in [-0.2, 0) is 11.2 Å². The maximum absolute atomic E-state index is 5.65. The highest BCUT2D eigenvalue weighted by Gasteiger charge is 2.36. The fourth-order valence-corrected chi connectivity index (χ4v) is 3.19. The number of ether oxygens (including phenoxy) is 1. The summed E-state index contributed by atoms with van der Waals surface area (Å²) in [7, 11) is 1.77. The Balaban J connectivity index is 2.03. The summed E-state index contributed by atoms with van der Waals surface area (Å²) in [5.74, 6) is 6.32. The second kappa shape index (κ2) is 5.44. The van der Waals surface area contributed by atoms with Gasteiger partial charge in [0.25, 0.3) is 0 Å². The van der Waals surface area contributed by atoms with Crippen LogP contribution in [0.15, 0.2) is 0 Å². The summed E-state index contributed by atoms with van der Waals surface area (Å²) in [4.78, 5) is 5.85. The molecule has 1 saturated carbocycles. The molecule has 2 unspecified atom stereocenters. The number of hydrogen-bond donors (Lipinski definition) is 2. The Labute approximate surface area is 107 Å². The summed E-state index contributed by atoms with van der Waals surface area (Å²) in [6.07, 6.45) is 3.58. The molecular weight excluding hydrogens is 234 g/mol. The largest absolute Gasteiger partial charge is 0.379 e. The molecule has 17 heavy (non-hydrogen) atoms. The van der Waals surface area contributed by atoms with Gasteiger partial charge >= 0.3 is 0 Å². The first-order valence-corrected chi connectivity index (χ1v) is 6.89. The predicted molar refractivity (Wildman–Crippen MR) is 69.9 cm³/mol. The third kappa shape index (κ3) is 3.04. The molecule has 2 rings (SSSR count). The van der Waals surface area contributed by atoms with E-state index < -0.39 is 0 Å². The van der Waals surface area contributed by atoms with Crippen LogP contribution in [0, 0.1) is 19.8 Å². The molecule has 5 heteroatoms. The average molecular weight is 255 g/mol. The monoisotopic (exact) mass is 255 g/mol. The lowest BCUT2D eigenvalue weighted by molar-refractivity contribution is 0.0511. The molecule has 1 heterocycles. The van der Waals surface area contributed by atoms with Crippen LogP contribution in [0.2, 0.25) is 0 Å². The molecule has 3 N–H and O–H groups in total. The van der Waals surface area contributed by atoms with Gasteiger partial charge in [-0.3, -0.25) is 11.3 Å². The molecule has 0 saturated heterocycles. The smallest absolute Gasteiger partial charge is 0.0947 e. The number of aromatic nitrogens is 1. The van der Waals surface area contributed by atoms with Crippen LogP contribution in [0.1, 0.15) is 28.4 Å². The zero-order valence-corrected chi connectivity index (χ0v) is 11.5. The van der Waals surface area contributed by atoms with Crippen molar-refractivity contribution in [3.63, 3.8) is 0 Å². The lowest BCUT2D eigenvalue weighted by Gasteiger charge is -2.24. The first-order valence-electron chi connectivity index (χ1n) is 6.07. The number of nitrogens with one attached hydrogen (secondary N) is 1. The maximum atomic E-state index is 5.65. The van der Waals surface area contributed by atoms with Gasteiger partial charge in [-0.1, -0.05) is 0 Å². The molecule has 1 aromatic rings. The van der Waals surface area contributed by atoms with Gasteiger partial charge in [0, 0.05) is 18.4 Å². The number of methoxy groups -OCH3 is 1. The molecule has 4 nitrogen and oxygen atoms in total. The highest BCUT2D eigenvalue weighted by molar-refractivity contribution is 7.11. The lowest BCUT2D eigenvalue weighted by atomic mass is 10.0. The topological polar surface area (TPSA) is 60.2 Å². The van der Waals surface area contributed by atoms with Gasteiger partial charge in [0.15, 0.2) is 0 Å². The number of thiazole rings is 1. The van der Waals surface area contributed by atoms with Crippen molar-refractivity contribution in [2.45, 2.75) is 45.3 Å². The van der Waals surface area contributed by atoms with Crippen LogP contribution >= 0.6 is 11.3 Å². The quantitative estimate of drug-likeness (QED) is 0.598. The Bertz CT molecular complexity index is 356. The van der Waals surface area contributed by atoms with Crippen molar-refractivity contribution in [2.24, 2.45) is 11.8 Å². The first-order chi connectivity index (χ1) is 8.15. The number of hydrogen-bond acceptors (Lipinski definition) is 5. The van der Waals surface area contributed by atoms with Crippen molar-refractivity contribution in [3.05, 3.63) is 15.6 Å². The fourth-order valence-electron chi connectivity index (χ4n) is 2.19. The summed E-state index contributed by atoms with van der Waals surface area (Å²) < 4.78 is 5.57. The van der Waals surface area contributed by atoms with Gasteiger partial charge in [-0.15, -0.1) is 11.3 Å². The second-order valence-electron chi connectivity index (χ2n) is 4.76. The average Bonchev–Trinajstić information content (AvgIpc) is 3.07. The van der Waals surface area contributed by atoms with E-state index in [2.05, 4.69) is 24.3 Å². The molecular formula is C12H21N3OS. The molecule has 1 aliphatic rings. The zero-order chi connectivity index (χ0) is 12.4. The first kappa shape index (κ1) is 13.0. The van der Waals surface area contributed by atoms with Crippen LogP contribution in [0.3, 0.4) is 0 Å². The molecule has 0 amide bonds. The molecule has 0 spiro atoms. The van der Waals surface area contributed by atoms with Gasteiger partial charge in [-0.05, 0) is 32.6 Å². The van der Waals surface area contributed by atoms with E-state index in [-0.39, 0.29) is 12.1 Å².